The van der Waals surface area contributed by atoms with E-state index in [1.54, 1.807) is 30.2 Å². The van der Waals surface area contributed by atoms with Gasteiger partial charge in [-0.3, -0.25) is 4.98 Å². The van der Waals surface area contributed by atoms with Crippen molar-refractivity contribution in [2.24, 2.45) is 0 Å². The van der Waals surface area contributed by atoms with Crippen molar-refractivity contribution in [3.63, 3.8) is 0 Å². The van der Waals surface area contributed by atoms with Crippen LogP contribution in [0.4, 0.5) is 13.2 Å². The number of pyridine rings is 1. The number of benzene rings is 1. The van der Waals surface area contributed by atoms with E-state index < -0.39 is 11.7 Å². The molecule has 0 fully saturated rings. The molecule has 0 aliphatic rings. The lowest BCUT2D eigenvalue weighted by molar-refractivity contribution is -0.137. The molecule has 3 nitrogen and oxygen atoms in total. The van der Waals surface area contributed by atoms with Gasteiger partial charge < -0.3 is 4.42 Å². The highest BCUT2D eigenvalue weighted by molar-refractivity contribution is 7.99. The van der Waals surface area contributed by atoms with Crippen molar-refractivity contribution in [3.05, 3.63) is 42.2 Å². The number of rotatable bonds is 6. The summed E-state index contributed by atoms with van der Waals surface area (Å²) in [6.07, 6.45) is 2.37. The average Bonchev–Trinajstić information content (AvgIpc) is 3.01. The van der Waals surface area contributed by atoms with E-state index in [2.05, 4.69) is 16.9 Å². The van der Waals surface area contributed by atoms with Gasteiger partial charge in [-0.15, -0.1) is 11.8 Å². The fourth-order valence-corrected chi connectivity index (χ4v) is 3.44. The molecule has 0 spiro atoms. The van der Waals surface area contributed by atoms with Crippen molar-refractivity contribution in [2.45, 2.75) is 37.3 Å². The van der Waals surface area contributed by atoms with Gasteiger partial charge in [0.2, 0.25) is 5.89 Å². The topological polar surface area (TPSA) is 38.9 Å². The van der Waals surface area contributed by atoms with Crippen molar-refractivity contribution in [3.8, 4) is 11.5 Å². The molecule has 2 heterocycles. The zero-order valence-electron chi connectivity index (χ0n) is 13.6. The number of aromatic nitrogens is 2. The van der Waals surface area contributed by atoms with Gasteiger partial charge in [-0.25, -0.2) is 4.98 Å². The summed E-state index contributed by atoms with van der Waals surface area (Å²) >= 11 is 1.66. The van der Waals surface area contributed by atoms with Gasteiger partial charge >= 0.3 is 6.18 Å². The molecule has 0 aliphatic heterocycles. The number of thioether (sulfide) groups is 1. The van der Waals surface area contributed by atoms with Gasteiger partial charge in [0.25, 0.3) is 0 Å². The Hall–Kier alpha value is -2.02. The zero-order valence-corrected chi connectivity index (χ0v) is 14.5. The number of hydrogen-bond donors (Lipinski definition) is 0. The Morgan fingerprint density at radius 3 is 2.76 bits per heavy atom. The quantitative estimate of drug-likeness (QED) is 0.385. The molecule has 0 aliphatic carbocycles. The largest absolute Gasteiger partial charge is 0.436 e. The summed E-state index contributed by atoms with van der Waals surface area (Å²) in [6.45, 7) is 2.15. The van der Waals surface area contributed by atoms with Crippen molar-refractivity contribution >= 4 is 22.9 Å². The Balaban J connectivity index is 1.91. The lowest BCUT2D eigenvalue weighted by atomic mass is 10.2. The van der Waals surface area contributed by atoms with Crippen LogP contribution in [0.2, 0.25) is 0 Å². The molecule has 0 atom stereocenters. The van der Waals surface area contributed by atoms with Crippen molar-refractivity contribution < 1.29 is 17.6 Å². The number of nitrogens with zero attached hydrogens (tertiary/aromatic N) is 2. The Bertz CT molecular complexity index is 861. The fourth-order valence-electron chi connectivity index (χ4n) is 2.42. The molecule has 0 bridgehead atoms. The monoisotopic (exact) mass is 366 g/mol. The molecule has 0 unspecified atom stereocenters. The normalized spacial score (nSPS) is 12.0. The van der Waals surface area contributed by atoms with Gasteiger partial charge in [-0.1, -0.05) is 19.8 Å². The second-order valence-electron chi connectivity index (χ2n) is 5.63. The average molecular weight is 366 g/mol. The minimum absolute atomic E-state index is 0.198. The highest BCUT2D eigenvalue weighted by Crippen LogP contribution is 2.35. The molecule has 3 rings (SSSR count). The number of alkyl halides is 3. The summed E-state index contributed by atoms with van der Waals surface area (Å²) in [5.74, 6) is 1.26. The highest BCUT2D eigenvalue weighted by Gasteiger charge is 2.31. The van der Waals surface area contributed by atoms with E-state index in [1.165, 1.54) is 6.07 Å². The second kappa shape index (κ2) is 7.47. The molecule has 132 valence electrons. The minimum atomic E-state index is -4.40. The molecule has 0 amide bonds. The van der Waals surface area contributed by atoms with E-state index in [-0.39, 0.29) is 5.52 Å². The third-order valence-corrected chi connectivity index (χ3v) is 4.86. The number of halogens is 3. The Morgan fingerprint density at radius 2 is 2.00 bits per heavy atom. The molecule has 7 heteroatoms. The SMILES string of the molecule is CCCCCSc1cnccc1-c1nc2cc(C(F)(F)F)ccc2o1. The first kappa shape index (κ1) is 17.8. The van der Waals surface area contributed by atoms with Crippen LogP contribution in [-0.2, 0) is 6.18 Å². The predicted octanol–water partition coefficient (Wildman–Crippen LogP) is 6.19. The van der Waals surface area contributed by atoms with Crippen LogP contribution in [0, 0.1) is 0 Å². The van der Waals surface area contributed by atoms with Crippen LogP contribution in [0.3, 0.4) is 0 Å². The van der Waals surface area contributed by atoms with E-state index in [9.17, 15) is 13.2 Å². The van der Waals surface area contributed by atoms with Gasteiger partial charge in [0.1, 0.15) is 5.52 Å². The third-order valence-electron chi connectivity index (χ3n) is 3.74. The summed E-state index contributed by atoms with van der Waals surface area (Å²) in [6, 6.07) is 5.10. The minimum Gasteiger partial charge on any atom is -0.436 e. The van der Waals surface area contributed by atoms with Crippen LogP contribution >= 0.6 is 11.8 Å². The lowest BCUT2D eigenvalue weighted by Crippen LogP contribution is -2.03. The van der Waals surface area contributed by atoms with Gasteiger partial charge in [0.05, 0.1) is 11.1 Å². The zero-order chi connectivity index (χ0) is 17.9. The molecular formula is C18H17F3N2OS. The van der Waals surface area contributed by atoms with Gasteiger partial charge in [-0.05, 0) is 36.4 Å². The van der Waals surface area contributed by atoms with E-state index in [1.807, 2.05) is 0 Å². The van der Waals surface area contributed by atoms with Crippen molar-refractivity contribution in [1.29, 1.82) is 0 Å². The molecule has 3 aromatic rings. The molecule has 2 aromatic heterocycles. The van der Waals surface area contributed by atoms with Crippen LogP contribution in [0.15, 0.2) is 46.0 Å². The first-order chi connectivity index (χ1) is 12.0. The van der Waals surface area contributed by atoms with E-state index in [0.717, 1.165) is 47.6 Å². The van der Waals surface area contributed by atoms with Crippen LogP contribution in [0.5, 0.6) is 0 Å². The smallest absolute Gasteiger partial charge is 0.416 e. The second-order valence-corrected chi connectivity index (χ2v) is 6.76. The van der Waals surface area contributed by atoms with Crippen molar-refractivity contribution in [2.75, 3.05) is 5.75 Å². The molecule has 25 heavy (non-hydrogen) atoms. The molecule has 0 N–H and O–H groups in total. The van der Waals surface area contributed by atoms with Crippen LogP contribution < -0.4 is 0 Å². The number of unbranched alkanes of at least 4 members (excludes halogenated alkanes) is 2. The van der Waals surface area contributed by atoms with E-state index in [0.29, 0.717) is 11.5 Å². The lowest BCUT2D eigenvalue weighted by Gasteiger charge is -2.05. The first-order valence-electron chi connectivity index (χ1n) is 8.04. The standard InChI is InChI=1S/C18H17F3N2OS/c1-2-3-4-9-25-16-11-22-8-7-13(16)17-23-14-10-12(18(19,20)21)5-6-15(14)24-17/h5-8,10-11H,2-4,9H2,1H3. The van der Waals surface area contributed by atoms with E-state index in [4.69, 9.17) is 4.42 Å². The Morgan fingerprint density at radius 1 is 1.16 bits per heavy atom. The number of hydrogen-bond acceptors (Lipinski definition) is 4. The van der Waals surface area contributed by atoms with Crippen LogP contribution in [-0.4, -0.2) is 15.7 Å². The molecule has 0 saturated carbocycles. The third kappa shape index (κ3) is 4.15. The molecule has 0 radical (unpaired) electrons. The maximum absolute atomic E-state index is 12.8. The summed E-state index contributed by atoms with van der Waals surface area (Å²) < 4.78 is 44.2. The summed E-state index contributed by atoms with van der Waals surface area (Å²) in [7, 11) is 0. The summed E-state index contributed by atoms with van der Waals surface area (Å²) in [4.78, 5) is 9.30. The van der Waals surface area contributed by atoms with Gasteiger partial charge in [0, 0.05) is 17.3 Å². The fraction of sp³-hybridized carbons (Fsp3) is 0.333. The van der Waals surface area contributed by atoms with Gasteiger partial charge in [-0.2, -0.15) is 13.2 Å². The van der Waals surface area contributed by atoms with Crippen molar-refractivity contribution in [1.82, 2.24) is 9.97 Å². The predicted molar refractivity (Wildman–Crippen MR) is 92.5 cm³/mol. The number of fused-ring (bicyclic) bond motifs is 1. The first-order valence-corrected chi connectivity index (χ1v) is 9.02. The number of oxazole rings is 1. The molecule has 0 saturated heterocycles. The van der Waals surface area contributed by atoms with Gasteiger partial charge in [0.15, 0.2) is 5.58 Å². The highest BCUT2D eigenvalue weighted by atomic mass is 32.2. The summed E-state index contributed by atoms with van der Waals surface area (Å²) in [5.41, 5.74) is 0.551. The Labute approximate surface area is 147 Å². The molecular weight excluding hydrogens is 349 g/mol. The maximum atomic E-state index is 12.8. The maximum Gasteiger partial charge on any atom is 0.416 e. The Kier molecular flexibility index (Phi) is 5.32. The summed E-state index contributed by atoms with van der Waals surface area (Å²) in [5, 5.41) is 0. The molecule has 1 aromatic carbocycles. The van der Waals surface area contributed by atoms with E-state index >= 15 is 0 Å². The van der Waals surface area contributed by atoms with Crippen LogP contribution in [0.25, 0.3) is 22.6 Å². The van der Waals surface area contributed by atoms with Crippen LogP contribution in [0.1, 0.15) is 31.7 Å².